The molecule has 0 radical (unpaired) electrons. The van der Waals surface area contributed by atoms with E-state index in [1.54, 1.807) is 0 Å². The van der Waals surface area contributed by atoms with Crippen molar-refractivity contribution in [1.82, 2.24) is 14.8 Å². The van der Waals surface area contributed by atoms with Gasteiger partial charge in [-0.15, -0.1) is 0 Å². The van der Waals surface area contributed by atoms with Gasteiger partial charge in [-0.2, -0.15) is 0 Å². The smallest absolute Gasteiger partial charge is 0.240 e. The molecule has 0 aliphatic carbocycles. The van der Waals surface area contributed by atoms with Crippen molar-refractivity contribution in [3.63, 3.8) is 0 Å². The number of thiazole rings is 1. The van der Waals surface area contributed by atoms with Crippen LogP contribution < -0.4 is 5.32 Å². The molecule has 0 unspecified atom stereocenters. The second-order valence-electron chi connectivity index (χ2n) is 7.91. The fraction of sp³-hybridized carbons (Fsp3) is 0.545. The standard InChI is InChI=1S/C22H30N4O2S2/c1-16-7-6-9-18-21(16)24-22(30-18)23-19(27)15-25-11-13-26(14-12-25)20(28)10-5-3-4-8-17(2)29/h6-7,9H,3-5,8,10-15H2,1-2H3,(H,23,24,27). The number of amides is 2. The SMILES string of the molecule is CC(=S)CCCCCC(=O)N1CCN(CC(=O)Nc2nc3c(C)cccc3s2)CC1. The van der Waals surface area contributed by atoms with Crippen molar-refractivity contribution in [2.45, 2.75) is 46.0 Å². The van der Waals surface area contributed by atoms with Crippen LogP contribution in [0.5, 0.6) is 0 Å². The van der Waals surface area contributed by atoms with Crippen LogP contribution in [0.25, 0.3) is 10.2 Å². The van der Waals surface area contributed by atoms with Crippen LogP contribution >= 0.6 is 23.6 Å². The van der Waals surface area contributed by atoms with Gasteiger partial charge in [0.2, 0.25) is 11.8 Å². The quantitative estimate of drug-likeness (QED) is 0.465. The Bertz CT molecular complexity index is 904. The Labute approximate surface area is 187 Å². The van der Waals surface area contributed by atoms with Crippen LogP contribution in [0.1, 0.15) is 44.6 Å². The van der Waals surface area contributed by atoms with Gasteiger partial charge in [-0.3, -0.25) is 14.5 Å². The minimum atomic E-state index is -0.0553. The first kappa shape index (κ1) is 22.8. The van der Waals surface area contributed by atoms with Crippen LogP contribution in [-0.2, 0) is 9.59 Å². The van der Waals surface area contributed by atoms with E-state index in [0.717, 1.165) is 59.4 Å². The van der Waals surface area contributed by atoms with Crippen LogP contribution in [0, 0.1) is 6.92 Å². The molecule has 1 aromatic carbocycles. The highest BCUT2D eigenvalue weighted by Gasteiger charge is 2.22. The lowest BCUT2D eigenvalue weighted by molar-refractivity contribution is -0.133. The summed E-state index contributed by atoms with van der Waals surface area (Å²) in [5.41, 5.74) is 2.06. The van der Waals surface area contributed by atoms with Crippen LogP contribution in [0.15, 0.2) is 18.2 Å². The monoisotopic (exact) mass is 446 g/mol. The summed E-state index contributed by atoms with van der Waals surface area (Å²) in [6.07, 6.45) is 4.62. The van der Waals surface area contributed by atoms with Gasteiger partial charge >= 0.3 is 0 Å². The maximum atomic E-state index is 12.4. The molecule has 2 aromatic rings. The molecule has 8 heteroatoms. The Hall–Kier alpha value is -1.90. The van der Waals surface area contributed by atoms with Gasteiger partial charge in [-0.05, 0) is 49.6 Å². The minimum absolute atomic E-state index is 0.0553. The highest BCUT2D eigenvalue weighted by molar-refractivity contribution is 7.80. The molecule has 2 heterocycles. The van der Waals surface area contributed by atoms with E-state index >= 15 is 0 Å². The summed E-state index contributed by atoms with van der Waals surface area (Å²) in [7, 11) is 0. The summed E-state index contributed by atoms with van der Waals surface area (Å²) in [5, 5.41) is 3.57. The van der Waals surface area contributed by atoms with Crippen LogP contribution in [-0.4, -0.2) is 64.2 Å². The van der Waals surface area contributed by atoms with Crippen LogP contribution in [0.2, 0.25) is 0 Å². The van der Waals surface area contributed by atoms with Crippen molar-refractivity contribution in [2.75, 3.05) is 38.0 Å². The van der Waals surface area contributed by atoms with Gasteiger partial charge in [0.15, 0.2) is 5.13 Å². The second kappa shape index (κ2) is 10.9. The molecule has 1 aliphatic rings. The van der Waals surface area contributed by atoms with Gasteiger partial charge in [-0.25, -0.2) is 4.98 Å². The average molecular weight is 447 g/mol. The van der Waals surface area contributed by atoms with E-state index in [1.165, 1.54) is 11.3 Å². The summed E-state index contributed by atoms with van der Waals surface area (Å²) in [6, 6.07) is 6.04. The Kier molecular flexibility index (Phi) is 8.30. The molecule has 1 N–H and O–H groups in total. The van der Waals surface area contributed by atoms with Gasteiger partial charge in [-0.1, -0.05) is 42.1 Å². The summed E-state index contributed by atoms with van der Waals surface area (Å²) in [6.45, 7) is 7.14. The predicted molar refractivity (Wildman–Crippen MR) is 127 cm³/mol. The number of fused-ring (bicyclic) bond motifs is 1. The first-order valence-electron chi connectivity index (χ1n) is 10.6. The van der Waals surface area contributed by atoms with E-state index in [2.05, 4.69) is 15.2 Å². The molecule has 0 bridgehead atoms. The van der Waals surface area contributed by atoms with Crippen molar-refractivity contribution < 1.29 is 9.59 Å². The Morgan fingerprint density at radius 2 is 1.87 bits per heavy atom. The zero-order valence-corrected chi connectivity index (χ0v) is 19.4. The number of hydrogen-bond acceptors (Lipinski definition) is 6. The van der Waals surface area contributed by atoms with Gasteiger partial charge in [0.1, 0.15) is 0 Å². The minimum Gasteiger partial charge on any atom is -0.340 e. The van der Waals surface area contributed by atoms with E-state index in [1.807, 2.05) is 36.9 Å². The summed E-state index contributed by atoms with van der Waals surface area (Å²) in [4.78, 5) is 34.4. The van der Waals surface area contributed by atoms with Crippen LogP contribution in [0.4, 0.5) is 5.13 Å². The molecule has 162 valence electrons. The number of aryl methyl sites for hydroxylation is 1. The van der Waals surface area contributed by atoms with Crippen molar-refractivity contribution >= 4 is 55.6 Å². The molecule has 0 saturated carbocycles. The Balaban J connectivity index is 1.37. The number of hydrogen-bond donors (Lipinski definition) is 1. The molecule has 1 aromatic heterocycles. The number of thiocarbonyl (C=S) groups is 1. The van der Waals surface area contributed by atoms with Crippen molar-refractivity contribution in [1.29, 1.82) is 0 Å². The Morgan fingerprint density at radius 1 is 1.13 bits per heavy atom. The highest BCUT2D eigenvalue weighted by atomic mass is 32.1. The number of nitrogens with zero attached hydrogens (tertiary/aromatic N) is 3. The van der Waals surface area contributed by atoms with E-state index in [-0.39, 0.29) is 11.8 Å². The number of carbonyl (C=O) groups excluding carboxylic acids is 2. The topological polar surface area (TPSA) is 65.5 Å². The number of rotatable bonds is 9. The third kappa shape index (κ3) is 6.55. The lowest BCUT2D eigenvalue weighted by Crippen LogP contribution is -2.50. The molecular formula is C22H30N4O2S2. The fourth-order valence-corrected chi connectivity index (χ4v) is 4.75. The summed E-state index contributed by atoms with van der Waals surface area (Å²) < 4.78 is 1.08. The molecule has 1 aliphatic heterocycles. The van der Waals surface area contributed by atoms with E-state index in [9.17, 15) is 9.59 Å². The number of aromatic nitrogens is 1. The first-order valence-corrected chi connectivity index (χ1v) is 11.8. The molecule has 1 saturated heterocycles. The lowest BCUT2D eigenvalue weighted by Gasteiger charge is -2.34. The molecular weight excluding hydrogens is 416 g/mol. The maximum Gasteiger partial charge on any atom is 0.240 e. The van der Waals surface area contributed by atoms with Crippen molar-refractivity contribution in [2.24, 2.45) is 0 Å². The average Bonchev–Trinajstić information content (AvgIpc) is 3.11. The number of para-hydroxylation sites is 1. The molecule has 1 fully saturated rings. The van der Waals surface area contributed by atoms with Crippen molar-refractivity contribution in [3.8, 4) is 0 Å². The van der Waals surface area contributed by atoms with Gasteiger partial charge < -0.3 is 10.2 Å². The maximum absolute atomic E-state index is 12.4. The molecule has 3 rings (SSSR count). The number of unbranched alkanes of at least 4 members (excludes halogenated alkanes) is 2. The van der Waals surface area contributed by atoms with E-state index < -0.39 is 0 Å². The zero-order valence-electron chi connectivity index (χ0n) is 17.8. The largest absolute Gasteiger partial charge is 0.340 e. The number of anilines is 1. The van der Waals surface area contributed by atoms with Gasteiger partial charge in [0.25, 0.3) is 0 Å². The normalized spacial score (nSPS) is 14.8. The third-order valence-corrected chi connectivity index (χ3v) is 6.52. The molecule has 0 atom stereocenters. The number of piperazine rings is 1. The zero-order chi connectivity index (χ0) is 21.5. The highest BCUT2D eigenvalue weighted by Crippen LogP contribution is 2.27. The molecule has 6 nitrogen and oxygen atoms in total. The molecule has 30 heavy (non-hydrogen) atoms. The number of carbonyl (C=O) groups is 2. The van der Waals surface area contributed by atoms with Crippen LogP contribution in [0.3, 0.4) is 0 Å². The lowest BCUT2D eigenvalue weighted by atomic mass is 10.1. The number of nitrogens with one attached hydrogen (secondary N) is 1. The second-order valence-corrected chi connectivity index (χ2v) is 9.64. The predicted octanol–water partition coefficient (Wildman–Crippen LogP) is 4.03. The first-order chi connectivity index (χ1) is 14.4. The molecule has 2 amide bonds. The fourth-order valence-electron chi connectivity index (χ4n) is 3.64. The van der Waals surface area contributed by atoms with E-state index in [4.69, 9.17) is 12.2 Å². The Morgan fingerprint density at radius 3 is 2.57 bits per heavy atom. The summed E-state index contributed by atoms with van der Waals surface area (Å²) in [5.74, 6) is 0.170. The van der Waals surface area contributed by atoms with Gasteiger partial charge in [0, 0.05) is 32.6 Å². The van der Waals surface area contributed by atoms with E-state index in [0.29, 0.717) is 31.2 Å². The van der Waals surface area contributed by atoms with Gasteiger partial charge in [0.05, 0.1) is 16.8 Å². The third-order valence-electron chi connectivity index (χ3n) is 5.38. The number of benzene rings is 1. The van der Waals surface area contributed by atoms with Crippen molar-refractivity contribution in [3.05, 3.63) is 23.8 Å². The molecule has 0 spiro atoms. The summed E-state index contributed by atoms with van der Waals surface area (Å²) >= 11 is 6.58.